The van der Waals surface area contributed by atoms with Crippen LogP contribution in [-0.2, 0) is 0 Å². The summed E-state index contributed by atoms with van der Waals surface area (Å²) in [5.74, 6) is 1.32. The monoisotopic (exact) mass is 436 g/mol. The average molecular weight is 436 g/mol. The van der Waals surface area contributed by atoms with Gasteiger partial charge in [0.05, 0.1) is 19.0 Å². The van der Waals surface area contributed by atoms with E-state index in [9.17, 15) is 9.50 Å². The lowest BCUT2D eigenvalue weighted by atomic mass is 9.90. The number of aromatic nitrogens is 4. The van der Waals surface area contributed by atoms with Gasteiger partial charge >= 0.3 is 0 Å². The lowest BCUT2D eigenvalue weighted by Crippen LogP contribution is -2.48. The molecule has 5 rings (SSSR count). The molecule has 1 aromatic carbocycles. The number of alkyl halides is 1. The molecule has 2 aliphatic rings. The summed E-state index contributed by atoms with van der Waals surface area (Å²) in [6.45, 7) is 1.73. The third-order valence-electron chi connectivity index (χ3n) is 6.16. The van der Waals surface area contributed by atoms with Crippen LogP contribution in [0.5, 0.6) is 11.6 Å². The molecule has 0 bridgehead atoms. The molecule has 2 aromatic heterocycles. The van der Waals surface area contributed by atoms with Crippen LogP contribution < -0.4 is 15.0 Å². The minimum Gasteiger partial charge on any atom is -0.507 e. The SMILES string of the molecule is COc1cc(-c2ccc(-c3ccc(N4CCC(NC5CC(F)C5)C4)nn3)c(O)c2)cnn1. The van der Waals surface area contributed by atoms with E-state index < -0.39 is 6.17 Å². The van der Waals surface area contributed by atoms with E-state index in [2.05, 4.69) is 30.6 Å². The minimum atomic E-state index is -0.641. The van der Waals surface area contributed by atoms with E-state index in [1.54, 1.807) is 18.3 Å². The van der Waals surface area contributed by atoms with Gasteiger partial charge in [-0.2, -0.15) is 5.10 Å². The Bertz CT molecular complexity index is 1090. The summed E-state index contributed by atoms with van der Waals surface area (Å²) in [6, 6.07) is 11.6. The van der Waals surface area contributed by atoms with Gasteiger partial charge in [0.25, 0.3) is 0 Å². The Morgan fingerprint density at radius 3 is 2.66 bits per heavy atom. The number of benzene rings is 1. The van der Waals surface area contributed by atoms with E-state index in [1.165, 1.54) is 7.11 Å². The molecular formula is C23H25FN6O2. The van der Waals surface area contributed by atoms with Crippen LogP contribution in [0, 0.1) is 0 Å². The number of rotatable bonds is 6. The molecule has 0 radical (unpaired) electrons. The zero-order valence-electron chi connectivity index (χ0n) is 17.8. The number of halogens is 1. The number of ether oxygens (including phenoxy) is 1. The van der Waals surface area contributed by atoms with Gasteiger partial charge in [-0.05, 0) is 49.1 Å². The molecule has 8 nitrogen and oxygen atoms in total. The van der Waals surface area contributed by atoms with Crippen molar-refractivity contribution >= 4 is 5.82 Å². The van der Waals surface area contributed by atoms with Gasteiger partial charge in [0.1, 0.15) is 11.9 Å². The van der Waals surface area contributed by atoms with E-state index in [-0.39, 0.29) is 5.75 Å². The first-order valence-electron chi connectivity index (χ1n) is 10.8. The number of nitrogens with zero attached hydrogens (tertiary/aromatic N) is 5. The second-order valence-corrected chi connectivity index (χ2v) is 8.36. The molecular weight excluding hydrogens is 411 g/mol. The number of hydrogen-bond acceptors (Lipinski definition) is 8. The van der Waals surface area contributed by atoms with Crippen LogP contribution in [0.25, 0.3) is 22.4 Å². The van der Waals surface area contributed by atoms with Crippen molar-refractivity contribution in [1.82, 2.24) is 25.7 Å². The first-order chi connectivity index (χ1) is 15.6. The molecule has 1 saturated heterocycles. The third kappa shape index (κ3) is 4.20. The van der Waals surface area contributed by atoms with Crippen LogP contribution in [0.2, 0.25) is 0 Å². The number of nitrogens with one attached hydrogen (secondary N) is 1. The Morgan fingerprint density at radius 2 is 1.94 bits per heavy atom. The molecule has 1 atom stereocenters. The maximum atomic E-state index is 13.0. The van der Waals surface area contributed by atoms with Gasteiger partial charge in [-0.1, -0.05) is 6.07 Å². The van der Waals surface area contributed by atoms with Gasteiger partial charge in [-0.25, -0.2) is 4.39 Å². The Hall–Kier alpha value is -3.33. The van der Waals surface area contributed by atoms with Gasteiger partial charge in [0.2, 0.25) is 5.88 Å². The maximum Gasteiger partial charge on any atom is 0.233 e. The molecule has 0 spiro atoms. The first kappa shape index (κ1) is 20.6. The quantitative estimate of drug-likeness (QED) is 0.609. The molecule has 9 heteroatoms. The summed E-state index contributed by atoms with van der Waals surface area (Å²) < 4.78 is 18.1. The van der Waals surface area contributed by atoms with Gasteiger partial charge in [0.15, 0.2) is 5.82 Å². The molecule has 0 amide bonds. The van der Waals surface area contributed by atoms with E-state index in [4.69, 9.17) is 4.74 Å². The fourth-order valence-electron chi connectivity index (χ4n) is 4.29. The topological polar surface area (TPSA) is 96.3 Å². The Balaban J connectivity index is 1.27. The van der Waals surface area contributed by atoms with Crippen molar-refractivity contribution in [3.8, 4) is 34.0 Å². The van der Waals surface area contributed by atoms with Crippen LogP contribution in [0.1, 0.15) is 19.3 Å². The maximum absolute atomic E-state index is 13.0. The molecule has 2 fully saturated rings. The fourth-order valence-corrected chi connectivity index (χ4v) is 4.29. The van der Waals surface area contributed by atoms with Crippen LogP contribution in [-0.4, -0.2) is 64.0 Å². The summed E-state index contributed by atoms with van der Waals surface area (Å²) >= 11 is 0. The molecule has 1 saturated carbocycles. The smallest absolute Gasteiger partial charge is 0.233 e. The Labute approximate surface area is 185 Å². The highest BCUT2D eigenvalue weighted by atomic mass is 19.1. The summed E-state index contributed by atoms with van der Waals surface area (Å²) in [6.07, 6.45) is 3.23. The predicted molar refractivity (Wildman–Crippen MR) is 118 cm³/mol. The van der Waals surface area contributed by atoms with Crippen molar-refractivity contribution in [1.29, 1.82) is 0 Å². The second kappa shape index (κ2) is 8.66. The normalized spacial score (nSPS) is 22.6. The van der Waals surface area contributed by atoms with Crippen molar-refractivity contribution in [2.75, 3.05) is 25.1 Å². The van der Waals surface area contributed by atoms with Crippen LogP contribution in [0.4, 0.5) is 10.2 Å². The van der Waals surface area contributed by atoms with Gasteiger partial charge < -0.3 is 20.1 Å². The van der Waals surface area contributed by atoms with Crippen molar-refractivity contribution in [2.24, 2.45) is 0 Å². The van der Waals surface area contributed by atoms with Crippen molar-refractivity contribution in [2.45, 2.75) is 37.5 Å². The van der Waals surface area contributed by atoms with Crippen molar-refractivity contribution < 1.29 is 14.2 Å². The molecule has 3 aromatic rings. The van der Waals surface area contributed by atoms with Gasteiger partial charge in [-0.3, -0.25) is 0 Å². The highest BCUT2D eigenvalue weighted by Gasteiger charge is 2.33. The standard InChI is InChI=1S/C23H25FN6O2/c1-32-23-9-15(12-25-29-23)14-2-3-19(21(31)8-14)20-4-5-22(28-27-20)30-7-6-17(13-30)26-18-10-16(24)11-18/h2-5,8-9,12,16-18,26,31H,6-7,10-11,13H2,1H3. The van der Waals surface area contributed by atoms with Gasteiger partial charge in [-0.15, -0.1) is 15.3 Å². The zero-order valence-corrected chi connectivity index (χ0v) is 17.8. The Morgan fingerprint density at radius 1 is 1.06 bits per heavy atom. The summed E-state index contributed by atoms with van der Waals surface area (Å²) in [5.41, 5.74) is 2.79. The van der Waals surface area contributed by atoms with Crippen molar-refractivity contribution in [3.05, 3.63) is 42.6 Å². The van der Waals surface area contributed by atoms with Crippen LogP contribution in [0.15, 0.2) is 42.6 Å². The number of methoxy groups -OCH3 is 1. The van der Waals surface area contributed by atoms with E-state index in [1.807, 2.05) is 24.3 Å². The zero-order chi connectivity index (χ0) is 22.1. The number of anilines is 1. The van der Waals surface area contributed by atoms with Crippen LogP contribution in [0.3, 0.4) is 0 Å². The number of aromatic hydroxyl groups is 1. The first-order valence-corrected chi connectivity index (χ1v) is 10.8. The molecule has 1 unspecified atom stereocenters. The number of phenolic OH excluding ortho intramolecular Hbond substituents is 1. The Kier molecular flexibility index (Phi) is 5.57. The molecule has 3 heterocycles. The largest absolute Gasteiger partial charge is 0.507 e. The average Bonchev–Trinajstić information content (AvgIpc) is 3.27. The van der Waals surface area contributed by atoms with Crippen LogP contribution >= 0.6 is 0 Å². The van der Waals surface area contributed by atoms with E-state index in [0.29, 0.717) is 42.1 Å². The molecule has 166 valence electrons. The molecule has 1 aliphatic heterocycles. The highest BCUT2D eigenvalue weighted by Crippen LogP contribution is 2.33. The molecule has 2 N–H and O–H groups in total. The number of hydrogen-bond donors (Lipinski definition) is 2. The third-order valence-corrected chi connectivity index (χ3v) is 6.16. The summed E-state index contributed by atoms with van der Waals surface area (Å²) in [5, 5.41) is 30.6. The molecule has 32 heavy (non-hydrogen) atoms. The fraction of sp³-hybridized carbons (Fsp3) is 0.391. The van der Waals surface area contributed by atoms with Gasteiger partial charge in [0, 0.05) is 42.4 Å². The lowest BCUT2D eigenvalue weighted by molar-refractivity contribution is 0.148. The van der Waals surface area contributed by atoms with E-state index in [0.717, 1.165) is 36.5 Å². The number of phenols is 1. The van der Waals surface area contributed by atoms with E-state index >= 15 is 0 Å². The highest BCUT2D eigenvalue weighted by molar-refractivity contribution is 5.74. The predicted octanol–water partition coefficient (Wildman–Crippen LogP) is 2.98. The lowest BCUT2D eigenvalue weighted by Gasteiger charge is -2.33. The second-order valence-electron chi connectivity index (χ2n) is 8.36. The molecule has 1 aliphatic carbocycles. The van der Waals surface area contributed by atoms with Crippen molar-refractivity contribution in [3.63, 3.8) is 0 Å². The summed E-state index contributed by atoms with van der Waals surface area (Å²) in [7, 11) is 1.53. The summed E-state index contributed by atoms with van der Waals surface area (Å²) in [4.78, 5) is 2.19. The minimum absolute atomic E-state index is 0.109.